The molecule has 0 aliphatic carbocycles. The number of benzene rings is 1. The molecule has 1 fully saturated rings. The Labute approximate surface area is 191 Å². The zero-order valence-electron chi connectivity index (χ0n) is 18.5. The number of thiophene rings is 1. The van der Waals surface area contributed by atoms with Crippen LogP contribution in [0.1, 0.15) is 37.0 Å². The highest BCUT2D eigenvalue weighted by Gasteiger charge is 2.30. The van der Waals surface area contributed by atoms with E-state index in [-0.39, 0.29) is 24.5 Å². The average Bonchev–Trinajstić information content (AvgIpc) is 3.23. The van der Waals surface area contributed by atoms with Gasteiger partial charge in [-0.15, -0.1) is 11.3 Å². The van der Waals surface area contributed by atoms with E-state index < -0.39 is 5.97 Å². The number of carbonyl (C=O) groups excluding carboxylic acids is 3. The SMILES string of the molecule is CCOC(=O)c1c(-c2ccc(OC)cc2)csc1NC(=O)C1CCN(C(=O)OCC)CC1. The van der Waals surface area contributed by atoms with Gasteiger partial charge in [-0.3, -0.25) is 4.79 Å². The van der Waals surface area contributed by atoms with Gasteiger partial charge in [0.25, 0.3) is 0 Å². The van der Waals surface area contributed by atoms with Gasteiger partial charge in [0.15, 0.2) is 0 Å². The molecule has 1 aromatic heterocycles. The molecule has 8 nitrogen and oxygen atoms in total. The van der Waals surface area contributed by atoms with Crippen molar-refractivity contribution in [3.05, 3.63) is 35.2 Å². The minimum Gasteiger partial charge on any atom is -0.497 e. The van der Waals surface area contributed by atoms with Crippen LogP contribution in [0.4, 0.5) is 9.80 Å². The summed E-state index contributed by atoms with van der Waals surface area (Å²) in [6.07, 6.45) is 0.727. The van der Waals surface area contributed by atoms with Crippen LogP contribution in [0.25, 0.3) is 11.1 Å². The van der Waals surface area contributed by atoms with Gasteiger partial charge in [0.05, 0.1) is 20.3 Å². The summed E-state index contributed by atoms with van der Waals surface area (Å²) in [7, 11) is 1.59. The van der Waals surface area contributed by atoms with Crippen LogP contribution in [-0.2, 0) is 14.3 Å². The predicted molar refractivity (Wildman–Crippen MR) is 122 cm³/mol. The Hall–Kier alpha value is -3.07. The number of hydrogen-bond donors (Lipinski definition) is 1. The Bertz CT molecular complexity index is 948. The van der Waals surface area contributed by atoms with Gasteiger partial charge >= 0.3 is 12.1 Å². The van der Waals surface area contributed by atoms with E-state index in [4.69, 9.17) is 14.2 Å². The van der Waals surface area contributed by atoms with Crippen molar-refractivity contribution >= 4 is 34.3 Å². The summed E-state index contributed by atoms with van der Waals surface area (Å²) >= 11 is 1.29. The molecule has 1 aromatic carbocycles. The number of rotatable bonds is 7. The maximum Gasteiger partial charge on any atom is 0.409 e. The Balaban J connectivity index is 1.76. The van der Waals surface area contributed by atoms with Crippen molar-refractivity contribution in [2.24, 2.45) is 5.92 Å². The standard InChI is InChI=1S/C23H28N2O6S/c1-4-30-22(27)19-18(15-6-8-17(29-3)9-7-15)14-32-21(19)24-20(26)16-10-12-25(13-11-16)23(28)31-5-2/h6-9,14,16H,4-5,10-13H2,1-3H3,(H,24,26). The zero-order chi connectivity index (χ0) is 23.1. The van der Waals surface area contributed by atoms with Crippen LogP contribution in [0.3, 0.4) is 0 Å². The summed E-state index contributed by atoms with van der Waals surface area (Å²) in [4.78, 5) is 39.1. The molecule has 1 aliphatic heterocycles. The molecule has 0 unspecified atom stereocenters. The largest absolute Gasteiger partial charge is 0.497 e. The van der Waals surface area contributed by atoms with E-state index in [0.717, 1.165) is 5.56 Å². The maximum atomic E-state index is 12.9. The second-order valence-electron chi connectivity index (χ2n) is 7.25. The van der Waals surface area contributed by atoms with Crippen molar-refractivity contribution < 1.29 is 28.6 Å². The lowest BCUT2D eigenvalue weighted by Crippen LogP contribution is -2.41. The van der Waals surface area contributed by atoms with Gasteiger partial charge < -0.3 is 24.4 Å². The quantitative estimate of drug-likeness (QED) is 0.615. The number of amides is 2. The van der Waals surface area contributed by atoms with E-state index in [2.05, 4.69) is 5.32 Å². The maximum absolute atomic E-state index is 12.9. The third kappa shape index (κ3) is 5.40. The number of ether oxygens (including phenoxy) is 3. The Morgan fingerprint density at radius 1 is 1.06 bits per heavy atom. The predicted octanol–water partition coefficient (Wildman–Crippen LogP) is 4.41. The van der Waals surface area contributed by atoms with Crippen molar-refractivity contribution in [1.29, 1.82) is 0 Å². The average molecular weight is 461 g/mol. The summed E-state index contributed by atoms with van der Waals surface area (Å²) < 4.78 is 15.5. The molecule has 0 saturated carbocycles. The van der Waals surface area contributed by atoms with E-state index in [9.17, 15) is 14.4 Å². The molecule has 32 heavy (non-hydrogen) atoms. The van der Waals surface area contributed by atoms with Gasteiger partial charge in [-0.1, -0.05) is 12.1 Å². The molecular formula is C23H28N2O6S. The molecule has 0 bridgehead atoms. The first kappa shape index (κ1) is 23.6. The van der Waals surface area contributed by atoms with E-state index in [1.165, 1.54) is 11.3 Å². The van der Waals surface area contributed by atoms with Gasteiger partial charge in [0, 0.05) is 30.0 Å². The van der Waals surface area contributed by atoms with Crippen LogP contribution in [0, 0.1) is 5.92 Å². The lowest BCUT2D eigenvalue weighted by Gasteiger charge is -2.30. The van der Waals surface area contributed by atoms with Crippen molar-refractivity contribution in [2.45, 2.75) is 26.7 Å². The van der Waals surface area contributed by atoms with Gasteiger partial charge in [-0.25, -0.2) is 9.59 Å². The monoisotopic (exact) mass is 460 g/mol. The van der Waals surface area contributed by atoms with Crippen LogP contribution < -0.4 is 10.1 Å². The molecule has 1 saturated heterocycles. The van der Waals surface area contributed by atoms with Crippen molar-refractivity contribution in [1.82, 2.24) is 4.90 Å². The molecule has 3 rings (SSSR count). The molecule has 2 heterocycles. The zero-order valence-corrected chi connectivity index (χ0v) is 19.3. The Kier molecular flexibility index (Phi) is 8.10. The number of likely N-dealkylation sites (tertiary alicyclic amines) is 1. The number of nitrogens with one attached hydrogen (secondary N) is 1. The summed E-state index contributed by atoms with van der Waals surface area (Å²) in [5.41, 5.74) is 1.87. The molecule has 172 valence electrons. The lowest BCUT2D eigenvalue weighted by atomic mass is 9.96. The van der Waals surface area contributed by atoms with Crippen LogP contribution in [0.2, 0.25) is 0 Å². The Morgan fingerprint density at radius 2 is 1.72 bits per heavy atom. The van der Waals surface area contributed by atoms with Crippen molar-refractivity contribution in [2.75, 3.05) is 38.7 Å². The van der Waals surface area contributed by atoms with Crippen LogP contribution >= 0.6 is 11.3 Å². The summed E-state index contributed by atoms with van der Waals surface area (Å²) in [5, 5.41) is 5.23. The molecule has 0 radical (unpaired) electrons. The fourth-order valence-corrected chi connectivity index (χ4v) is 4.55. The molecular weight excluding hydrogens is 432 g/mol. The summed E-state index contributed by atoms with van der Waals surface area (Å²) in [6.45, 7) is 4.99. The Morgan fingerprint density at radius 3 is 2.31 bits per heavy atom. The van der Waals surface area contributed by atoms with Crippen molar-refractivity contribution in [3.63, 3.8) is 0 Å². The highest BCUT2D eigenvalue weighted by Crippen LogP contribution is 2.37. The van der Waals surface area contributed by atoms with E-state index in [1.807, 2.05) is 29.6 Å². The number of piperidine rings is 1. The van der Waals surface area contributed by atoms with Gasteiger partial charge in [-0.05, 0) is 44.4 Å². The second-order valence-corrected chi connectivity index (χ2v) is 8.13. The second kappa shape index (κ2) is 11.0. The van der Waals surface area contributed by atoms with E-state index in [0.29, 0.717) is 54.4 Å². The van der Waals surface area contributed by atoms with E-state index >= 15 is 0 Å². The molecule has 2 amide bonds. The smallest absolute Gasteiger partial charge is 0.409 e. The fourth-order valence-electron chi connectivity index (χ4n) is 3.59. The first-order valence-corrected chi connectivity index (χ1v) is 11.5. The van der Waals surface area contributed by atoms with Gasteiger partial charge in [0.2, 0.25) is 5.91 Å². The molecule has 1 N–H and O–H groups in total. The number of anilines is 1. The topological polar surface area (TPSA) is 94.2 Å². The first-order valence-electron chi connectivity index (χ1n) is 10.6. The number of methoxy groups -OCH3 is 1. The number of nitrogens with zero attached hydrogens (tertiary/aromatic N) is 1. The number of carbonyl (C=O) groups is 3. The lowest BCUT2D eigenvalue weighted by molar-refractivity contribution is -0.121. The third-order valence-corrected chi connectivity index (χ3v) is 6.20. The third-order valence-electron chi connectivity index (χ3n) is 5.30. The highest BCUT2D eigenvalue weighted by molar-refractivity contribution is 7.15. The van der Waals surface area contributed by atoms with E-state index in [1.54, 1.807) is 25.9 Å². The number of esters is 1. The molecule has 0 atom stereocenters. The number of hydrogen-bond acceptors (Lipinski definition) is 7. The molecule has 9 heteroatoms. The minimum absolute atomic E-state index is 0.165. The fraction of sp³-hybridized carbons (Fsp3) is 0.435. The van der Waals surface area contributed by atoms with Gasteiger partial charge in [-0.2, -0.15) is 0 Å². The highest BCUT2D eigenvalue weighted by atomic mass is 32.1. The normalized spacial score (nSPS) is 14.0. The van der Waals surface area contributed by atoms with Crippen molar-refractivity contribution in [3.8, 4) is 16.9 Å². The van der Waals surface area contributed by atoms with Crippen LogP contribution in [-0.4, -0.2) is 56.3 Å². The van der Waals surface area contributed by atoms with Gasteiger partial charge in [0.1, 0.15) is 16.3 Å². The minimum atomic E-state index is -0.480. The van der Waals surface area contributed by atoms with Crippen LogP contribution in [0.15, 0.2) is 29.6 Å². The summed E-state index contributed by atoms with van der Waals surface area (Å²) in [5.74, 6) is -0.180. The molecule has 2 aromatic rings. The molecule has 1 aliphatic rings. The first-order chi connectivity index (χ1) is 15.5. The summed E-state index contributed by atoms with van der Waals surface area (Å²) in [6, 6.07) is 7.36. The van der Waals surface area contributed by atoms with Crippen LogP contribution in [0.5, 0.6) is 5.75 Å². The molecule has 0 spiro atoms.